The molecule has 2 heterocycles. The normalized spacial score (nSPS) is 16.0. The average molecular weight is 312 g/mol. The molecule has 3 rings (SSSR count). The fourth-order valence-electron chi connectivity index (χ4n) is 2.16. The summed E-state index contributed by atoms with van der Waals surface area (Å²) < 4.78 is 5.59. The summed E-state index contributed by atoms with van der Waals surface area (Å²) in [6.45, 7) is 0. The molecule has 0 aliphatic carbocycles. The van der Waals surface area contributed by atoms with Crippen LogP contribution in [-0.4, -0.2) is 35.0 Å². The number of amides is 3. The van der Waals surface area contributed by atoms with Crippen LogP contribution in [-0.2, 0) is 4.79 Å². The Labute approximate surface area is 130 Å². The predicted molar refractivity (Wildman–Crippen MR) is 80.4 cm³/mol. The van der Waals surface area contributed by atoms with Gasteiger partial charge in [-0.05, 0) is 24.3 Å². The number of likely N-dealkylation sites (N-methyl/N-ethyl adjacent to an activating group) is 1. The Morgan fingerprint density at radius 3 is 2.70 bits per heavy atom. The van der Waals surface area contributed by atoms with Crippen molar-refractivity contribution in [1.29, 1.82) is 0 Å². The first-order valence-electron chi connectivity index (χ1n) is 6.70. The molecule has 0 bridgehead atoms. The van der Waals surface area contributed by atoms with Crippen LogP contribution in [0.2, 0.25) is 0 Å². The summed E-state index contributed by atoms with van der Waals surface area (Å²) in [5.74, 6) is -0.631. The minimum absolute atomic E-state index is 0.123. The second-order valence-corrected chi connectivity index (χ2v) is 4.94. The van der Waals surface area contributed by atoms with Crippen LogP contribution in [0.25, 0.3) is 17.4 Å². The highest BCUT2D eigenvalue weighted by atomic mass is 16.4. The summed E-state index contributed by atoms with van der Waals surface area (Å²) in [4.78, 5) is 35.1. The SMILES string of the molecule is CN1C(=O)NC(=Cc2ccc(-c3cccc(C(=O)O)c3)o2)C1=O. The molecule has 1 saturated heterocycles. The second-order valence-electron chi connectivity index (χ2n) is 4.94. The third-order valence-corrected chi connectivity index (χ3v) is 3.39. The van der Waals surface area contributed by atoms with Crippen LogP contribution in [0.1, 0.15) is 16.1 Å². The van der Waals surface area contributed by atoms with Crippen LogP contribution >= 0.6 is 0 Å². The highest BCUT2D eigenvalue weighted by molar-refractivity contribution is 6.13. The van der Waals surface area contributed by atoms with Crippen molar-refractivity contribution in [2.75, 3.05) is 7.05 Å². The first-order valence-corrected chi connectivity index (χ1v) is 6.70. The van der Waals surface area contributed by atoms with E-state index in [1.165, 1.54) is 25.3 Å². The van der Waals surface area contributed by atoms with Crippen molar-refractivity contribution in [3.63, 3.8) is 0 Å². The van der Waals surface area contributed by atoms with Crippen LogP contribution in [0, 0.1) is 0 Å². The number of carboxylic acid groups (broad SMARTS) is 1. The van der Waals surface area contributed by atoms with Crippen molar-refractivity contribution in [1.82, 2.24) is 10.2 Å². The molecule has 0 radical (unpaired) electrons. The van der Waals surface area contributed by atoms with Gasteiger partial charge >= 0.3 is 12.0 Å². The fraction of sp³-hybridized carbons (Fsp3) is 0.0625. The Bertz CT molecular complexity index is 850. The van der Waals surface area contributed by atoms with E-state index in [4.69, 9.17) is 9.52 Å². The Hall–Kier alpha value is -3.35. The van der Waals surface area contributed by atoms with Gasteiger partial charge < -0.3 is 14.8 Å². The molecule has 3 amide bonds. The molecule has 0 unspecified atom stereocenters. The first-order chi connectivity index (χ1) is 11.0. The van der Waals surface area contributed by atoms with E-state index in [-0.39, 0.29) is 11.3 Å². The van der Waals surface area contributed by atoms with Crippen LogP contribution in [0.15, 0.2) is 46.5 Å². The molecule has 1 aliphatic rings. The van der Waals surface area contributed by atoms with Crippen molar-refractivity contribution in [3.8, 4) is 11.3 Å². The zero-order valence-electron chi connectivity index (χ0n) is 12.1. The molecule has 116 valence electrons. The largest absolute Gasteiger partial charge is 0.478 e. The van der Waals surface area contributed by atoms with Gasteiger partial charge in [-0.2, -0.15) is 0 Å². The lowest BCUT2D eigenvalue weighted by atomic mass is 10.1. The third kappa shape index (κ3) is 2.71. The number of imide groups is 1. The average Bonchev–Trinajstić information content (AvgIpc) is 3.09. The second kappa shape index (κ2) is 5.45. The van der Waals surface area contributed by atoms with Gasteiger partial charge in [0.15, 0.2) is 0 Å². The number of hydrogen-bond donors (Lipinski definition) is 2. The predicted octanol–water partition coefficient (Wildman–Crippen LogP) is 2.17. The van der Waals surface area contributed by atoms with Gasteiger partial charge in [-0.25, -0.2) is 9.59 Å². The van der Waals surface area contributed by atoms with Gasteiger partial charge in [0, 0.05) is 18.7 Å². The molecule has 1 aliphatic heterocycles. The lowest BCUT2D eigenvalue weighted by molar-refractivity contribution is -0.121. The van der Waals surface area contributed by atoms with Gasteiger partial charge in [-0.15, -0.1) is 0 Å². The third-order valence-electron chi connectivity index (χ3n) is 3.39. The fourth-order valence-corrected chi connectivity index (χ4v) is 2.16. The van der Waals surface area contributed by atoms with E-state index >= 15 is 0 Å². The molecule has 1 fully saturated rings. The summed E-state index contributed by atoms with van der Waals surface area (Å²) in [5, 5.41) is 11.4. The van der Waals surface area contributed by atoms with E-state index in [9.17, 15) is 14.4 Å². The van der Waals surface area contributed by atoms with E-state index < -0.39 is 17.9 Å². The number of nitrogens with one attached hydrogen (secondary N) is 1. The summed E-state index contributed by atoms with van der Waals surface area (Å²) in [6, 6.07) is 9.12. The van der Waals surface area contributed by atoms with E-state index in [0.717, 1.165) is 4.90 Å². The molecule has 1 aromatic carbocycles. The summed E-state index contributed by atoms with van der Waals surface area (Å²) in [7, 11) is 1.38. The molecule has 1 aromatic heterocycles. The summed E-state index contributed by atoms with van der Waals surface area (Å²) in [6.07, 6.45) is 1.42. The number of furan rings is 1. The highest BCUT2D eigenvalue weighted by Gasteiger charge is 2.30. The van der Waals surface area contributed by atoms with Crippen LogP contribution < -0.4 is 5.32 Å². The summed E-state index contributed by atoms with van der Waals surface area (Å²) in [5.41, 5.74) is 0.879. The lowest BCUT2D eigenvalue weighted by Gasteiger charge is -1.99. The van der Waals surface area contributed by atoms with Crippen molar-refractivity contribution >= 4 is 24.0 Å². The molecular weight excluding hydrogens is 300 g/mol. The molecule has 0 atom stereocenters. The zero-order chi connectivity index (χ0) is 16.6. The van der Waals surface area contributed by atoms with Gasteiger partial charge in [0.05, 0.1) is 5.56 Å². The van der Waals surface area contributed by atoms with Crippen LogP contribution in [0.3, 0.4) is 0 Å². The van der Waals surface area contributed by atoms with Crippen molar-refractivity contribution in [2.24, 2.45) is 0 Å². The standard InChI is InChI=1S/C16H12N2O5/c1-18-14(19)12(17-16(18)22)8-11-5-6-13(23-11)9-3-2-4-10(7-9)15(20)21/h2-8H,1H3,(H,17,22)(H,20,21). The number of rotatable bonds is 3. The maximum absolute atomic E-state index is 11.8. The number of aromatic carboxylic acids is 1. The van der Waals surface area contributed by atoms with E-state index in [0.29, 0.717) is 17.1 Å². The van der Waals surface area contributed by atoms with Crippen LogP contribution in [0.4, 0.5) is 4.79 Å². The molecular formula is C16H12N2O5. The first kappa shape index (κ1) is 14.6. The van der Waals surface area contributed by atoms with E-state index in [1.807, 2.05) is 0 Å². The maximum atomic E-state index is 11.8. The van der Waals surface area contributed by atoms with Gasteiger partial charge in [0.1, 0.15) is 17.2 Å². The minimum atomic E-state index is -1.02. The topological polar surface area (TPSA) is 99.8 Å². The molecule has 0 spiro atoms. The number of carboxylic acids is 1. The number of hydrogen-bond acceptors (Lipinski definition) is 4. The Balaban J connectivity index is 1.90. The van der Waals surface area contributed by atoms with Crippen molar-refractivity contribution in [3.05, 3.63) is 53.4 Å². The van der Waals surface area contributed by atoms with Gasteiger partial charge in [-0.1, -0.05) is 12.1 Å². The monoisotopic (exact) mass is 312 g/mol. The highest BCUT2D eigenvalue weighted by Crippen LogP contribution is 2.24. The maximum Gasteiger partial charge on any atom is 0.335 e. The van der Waals surface area contributed by atoms with E-state index in [2.05, 4.69) is 5.32 Å². The molecule has 7 heteroatoms. The quantitative estimate of drug-likeness (QED) is 0.668. The van der Waals surface area contributed by atoms with Gasteiger partial charge in [0.2, 0.25) is 0 Å². The number of carbonyl (C=O) groups is 3. The molecule has 23 heavy (non-hydrogen) atoms. The molecule has 2 aromatic rings. The Morgan fingerprint density at radius 1 is 1.26 bits per heavy atom. The molecule has 7 nitrogen and oxygen atoms in total. The molecule has 2 N–H and O–H groups in total. The Morgan fingerprint density at radius 2 is 2.04 bits per heavy atom. The van der Waals surface area contributed by atoms with Crippen molar-refractivity contribution < 1.29 is 23.9 Å². The van der Waals surface area contributed by atoms with Gasteiger partial charge in [-0.3, -0.25) is 9.69 Å². The van der Waals surface area contributed by atoms with E-state index in [1.54, 1.807) is 24.3 Å². The van der Waals surface area contributed by atoms with Gasteiger partial charge in [0.25, 0.3) is 5.91 Å². The molecule has 0 saturated carbocycles. The number of benzene rings is 1. The smallest absolute Gasteiger partial charge is 0.335 e. The summed E-state index contributed by atoms with van der Waals surface area (Å²) >= 11 is 0. The minimum Gasteiger partial charge on any atom is -0.478 e. The Kier molecular flexibility index (Phi) is 3.46. The number of urea groups is 1. The van der Waals surface area contributed by atoms with Crippen LogP contribution in [0.5, 0.6) is 0 Å². The van der Waals surface area contributed by atoms with Crippen molar-refractivity contribution in [2.45, 2.75) is 0 Å². The number of carbonyl (C=O) groups excluding carboxylic acids is 2. The number of nitrogens with zero attached hydrogens (tertiary/aromatic N) is 1. The lowest BCUT2D eigenvalue weighted by Crippen LogP contribution is -2.25. The zero-order valence-corrected chi connectivity index (χ0v) is 12.1.